The number of hydrogen-bond donors (Lipinski definition) is 1. The molecule has 3 rings (SSSR count). The molecular weight excluding hydrogens is 318 g/mol. The van der Waals surface area contributed by atoms with E-state index in [0.717, 1.165) is 18.4 Å². The van der Waals surface area contributed by atoms with Gasteiger partial charge in [0, 0.05) is 18.7 Å². The van der Waals surface area contributed by atoms with Crippen LogP contribution in [0, 0.1) is 0 Å². The molecule has 5 nitrogen and oxygen atoms in total. The summed E-state index contributed by atoms with van der Waals surface area (Å²) in [6.45, 7) is 0.408. The number of benzene rings is 2. The number of nitrogens with one attached hydrogen (secondary N) is 1. The molecule has 130 valence electrons. The summed E-state index contributed by atoms with van der Waals surface area (Å²) in [5, 5.41) is 2.90. The fourth-order valence-corrected chi connectivity index (χ4v) is 2.54. The van der Waals surface area contributed by atoms with Crippen molar-refractivity contribution in [2.24, 2.45) is 0 Å². The zero-order valence-corrected chi connectivity index (χ0v) is 14.1. The molecule has 2 aromatic rings. The Labute approximate surface area is 147 Å². The van der Waals surface area contributed by atoms with Crippen molar-refractivity contribution in [2.75, 3.05) is 7.11 Å². The van der Waals surface area contributed by atoms with E-state index in [1.165, 1.54) is 0 Å². The second-order valence-electron chi connectivity index (χ2n) is 6.11. The fourth-order valence-electron chi connectivity index (χ4n) is 2.54. The highest BCUT2D eigenvalue weighted by Crippen LogP contribution is 2.24. The van der Waals surface area contributed by atoms with E-state index in [1.807, 2.05) is 24.3 Å². The van der Waals surface area contributed by atoms with E-state index < -0.39 is 12.1 Å². The molecule has 0 aromatic heterocycles. The van der Waals surface area contributed by atoms with Crippen LogP contribution in [0.5, 0.6) is 0 Å². The first kappa shape index (κ1) is 17.2. The molecule has 1 aliphatic carbocycles. The van der Waals surface area contributed by atoms with E-state index in [4.69, 9.17) is 9.47 Å². The summed E-state index contributed by atoms with van der Waals surface area (Å²) < 4.78 is 10.6. The Morgan fingerprint density at radius 2 is 1.88 bits per heavy atom. The maximum Gasteiger partial charge on any atom is 0.339 e. The van der Waals surface area contributed by atoms with Gasteiger partial charge in [-0.25, -0.2) is 4.79 Å². The van der Waals surface area contributed by atoms with E-state index in [-0.39, 0.29) is 11.9 Å². The summed E-state index contributed by atoms with van der Waals surface area (Å²) in [6, 6.07) is 16.3. The number of carbonyl (C=O) groups is 2. The number of ether oxygens (including phenoxy) is 2. The number of amides is 1. The summed E-state index contributed by atoms with van der Waals surface area (Å²) in [7, 11) is 1.60. The monoisotopic (exact) mass is 339 g/mol. The van der Waals surface area contributed by atoms with Gasteiger partial charge in [0.25, 0.3) is 5.91 Å². The minimum absolute atomic E-state index is 0.197. The lowest BCUT2D eigenvalue weighted by molar-refractivity contribution is -0.130. The van der Waals surface area contributed by atoms with Gasteiger partial charge < -0.3 is 14.8 Å². The van der Waals surface area contributed by atoms with E-state index in [0.29, 0.717) is 17.7 Å². The van der Waals surface area contributed by atoms with Crippen LogP contribution in [0.1, 0.15) is 40.4 Å². The number of hydrogen-bond acceptors (Lipinski definition) is 4. The van der Waals surface area contributed by atoms with Crippen molar-refractivity contribution < 1.29 is 19.1 Å². The highest BCUT2D eigenvalue weighted by molar-refractivity contribution is 5.93. The van der Waals surface area contributed by atoms with E-state index in [9.17, 15) is 9.59 Å². The summed E-state index contributed by atoms with van der Waals surface area (Å²) in [6.07, 6.45) is 0.987. The molecule has 1 aliphatic rings. The zero-order chi connectivity index (χ0) is 17.6. The molecule has 1 atom stereocenters. The van der Waals surface area contributed by atoms with Gasteiger partial charge in [-0.2, -0.15) is 0 Å². The standard InChI is InChI=1S/C20H21NO4/c1-24-13-14-6-5-9-16(12-14)20(23)25-18(15-7-3-2-4-8-15)19(22)21-17-10-11-17/h2-9,12,17-18H,10-11,13H2,1H3,(H,21,22)/t18-/m1/s1. The van der Waals surface area contributed by atoms with Crippen LogP contribution in [-0.2, 0) is 20.9 Å². The van der Waals surface area contributed by atoms with Gasteiger partial charge in [-0.3, -0.25) is 4.79 Å². The van der Waals surface area contributed by atoms with Crippen LogP contribution in [0.2, 0.25) is 0 Å². The van der Waals surface area contributed by atoms with Crippen LogP contribution in [0.25, 0.3) is 0 Å². The van der Waals surface area contributed by atoms with E-state index in [2.05, 4.69) is 5.32 Å². The normalized spacial score (nSPS) is 14.6. The second-order valence-corrected chi connectivity index (χ2v) is 6.11. The molecule has 1 N–H and O–H groups in total. The minimum atomic E-state index is -0.958. The average Bonchev–Trinajstić information content (AvgIpc) is 3.44. The van der Waals surface area contributed by atoms with Crippen molar-refractivity contribution >= 4 is 11.9 Å². The molecule has 1 amide bonds. The molecule has 5 heteroatoms. The van der Waals surface area contributed by atoms with Crippen molar-refractivity contribution in [1.82, 2.24) is 5.32 Å². The van der Waals surface area contributed by atoms with Crippen LogP contribution in [0.4, 0.5) is 0 Å². The Morgan fingerprint density at radius 3 is 2.56 bits per heavy atom. The van der Waals surface area contributed by atoms with E-state index >= 15 is 0 Å². The number of methoxy groups -OCH3 is 1. The first-order valence-corrected chi connectivity index (χ1v) is 8.31. The number of carbonyl (C=O) groups excluding carboxylic acids is 2. The Balaban J connectivity index is 1.78. The van der Waals surface area contributed by atoms with Gasteiger partial charge in [0.15, 0.2) is 0 Å². The molecular formula is C20H21NO4. The zero-order valence-electron chi connectivity index (χ0n) is 14.1. The number of esters is 1. The summed E-state index contributed by atoms with van der Waals surface area (Å²) in [5.74, 6) is -0.812. The van der Waals surface area contributed by atoms with Gasteiger partial charge in [-0.1, -0.05) is 42.5 Å². The second kappa shape index (κ2) is 7.94. The molecule has 0 unspecified atom stereocenters. The number of rotatable bonds is 7. The summed E-state index contributed by atoms with van der Waals surface area (Å²) in [5.41, 5.74) is 1.92. The van der Waals surface area contributed by atoms with Crippen LogP contribution >= 0.6 is 0 Å². The lowest BCUT2D eigenvalue weighted by atomic mass is 10.1. The van der Waals surface area contributed by atoms with Crippen molar-refractivity contribution in [3.8, 4) is 0 Å². The van der Waals surface area contributed by atoms with E-state index in [1.54, 1.807) is 37.4 Å². The molecule has 0 radical (unpaired) electrons. The minimum Gasteiger partial charge on any atom is -0.444 e. The van der Waals surface area contributed by atoms with Crippen LogP contribution < -0.4 is 5.32 Å². The SMILES string of the molecule is COCc1cccc(C(=O)O[C@@H](C(=O)NC2CC2)c2ccccc2)c1. The van der Waals surface area contributed by atoms with Gasteiger partial charge in [-0.15, -0.1) is 0 Å². The molecule has 0 aliphatic heterocycles. The van der Waals surface area contributed by atoms with Gasteiger partial charge in [0.1, 0.15) is 0 Å². The van der Waals surface area contributed by atoms with Crippen molar-refractivity contribution in [3.63, 3.8) is 0 Å². The lowest BCUT2D eigenvalue weighted by Crippen LogP contribution is -2.33. The first-order chi connectivity index (χ1) is 12.2. The maximum atomic E-state index is 12.5. The van der Waals surface area contributed by atoms with Gasteiger partial charge in [0.2, 0.25) is 6.10 Å². The predicted molar refractivity (Wildman–Crippen MR) is 92.9 cm³/mol. The highest BCUT2D eigenvalue weighted by Gasteiger charge is 2.31. The molecule has 2 aromatic carbocycles. The van der Waals surface area contributed by atoms with Crippen LogP contribution in [0.3, 0.4) is 0 Å². The maximum absolute atomic E-state index is 12.5. The first-order valence-electron chi connectivity index (χ1n) is 8.31. The molecule has 0 spiro atoms. The molecule has 25 heavy (non-hydrogen) atoms. The third kappa shape index (κ3) is 4.67. The van der Waals surface area contributed by atoms with Crippen molar-refractivity contribution in [3.05, 3.63) is 71.3 Å². The average molecular weight is 339 g/mol. The summed E-state index contributed by atoms with van der Waals surface area (Å²) in [4.78, 5) is 25.1. The molecule has 1 saturated carbocycles. The molecule has 1 fully saturated rings. The Hall–Kier alpha value is -2.66. The largest absolute Gasteiger partial charge is 0.444 e. The van der Waals surface area contributed by atoms with Gasteiger partial charge in [0.05, 0.1) is 12.2 Å². The predicted octanol–water partition coefficient (Wildman–Crippen LogP) is 3.01. The fraction of sp³-hybridized carbons (Fsp3) is 0.300. The Morgan fingerprint density at radius 1 is 1.12 bits per heavy atom. The topological polar surface area (TPSA) is 64.6 Å². The lowest BCUT2D eigenvalue weighted by Gasteiger charge is -2.18. The third-order valence-electron chi connectivity index (χ3n) is 3.96. The smallest absolute Gasteiger partial charge is 0.339 e. The quantitative estimate of drug-likeness (QED) is 0.788. The third-order valence-corrected chi connectivity index (χ3v) is 3.96. The molecule has 0 saturated heterocycles. The van der Waals surface area contributed by atoms with Gasteiger partial charge in [-0.05, 0) is 30.5 Å². The highest BCUT2D eigenvalue weighted by atomic mass is 16.5. The molecule has 0 bridgehead atoms. The summed E-state index contributed by atoms with van der Waals surface area (Å²) >= 11 is 0. The van der Waals surface area contributed by atoms with Crippen LogP contribution in [-0.4, -0.2) is 25.0 Å². The van der Waals surface area contributed by atoms with Crippen molar-refractivity contribution in [1.29, 1.82) is 0 Å². The Kier molecular flexibility index (Phi) is 5.46. The van der Waals surface area contributed by atoms with Crippen molar-refractivity contribution in [2.45, 2.75) is 31.6 Å². The molecule has 0 heterocycles. The van der Waals surface area contributed by atoms with Crippen LogP contribution in [0.15, 0.2) is 54.6 Å². The Bertz CT molecular complexity index is 740. The van der Waals surface area contributed by atoms with Gasteiger partial charge >= 0.3 is 5.97 Å².